The van der Waals surface area contributed by atoms with Gasteiger partial charge in [-0.05, 0) is 31.4 Å². The van der Waals surface area contributed by atoms with Gasteiger partial charge in [0.05, 0.1) is 24.9 Å². The molecule has 5 nitrogen and oxygen atoms in total. The van der Waals surface area contributed by atoms with Gasteiger partial charge in [-0.3, -0.25) is 4.79 Å². The number of rotatable bonds is 6. The summed E-state index contributed by atoms with van der Waals surface area (Å²) in [5, 5.41) is 4.04. The van der Waals surface area contributed by atoms with Crippen LogP contribution < -0.4 is 14.8 Å². The molecule has 1 aliphatic carbocycles. The van der Waals surface area contributed by atoms with E-state index in [-0.39, 0.29) is 5.91 Å². The molecule has 23 heavy (non-hydrogen) atoms. The van der Waals surface area contributed by atoms with Gasteiger partial charge in [0.25, 0.3) is 5.91 Å². The lowest BCUT2D eigenvalue weighted by Gasteiger charge is -2.09. The van der Waals surface area contributed by atoms with Crippen LogP contribution in [0.4, 0.5) is 0 Å². The van der Waals surface area contributed by atoms with E-state index in [4.69, 9.17) is 9.47 Å². The molecule has 122 valence electrons. The fraction of sp³-hybridized carbons (Fsp3) is 0.412. The third-order valence-corrected chi connectivity index (χ3v) is 5.10. The van der Waals surface area contributed by atoms with Crippen LogP contribution in [-0.2, 0) is 19.3 Å². The zero-order chi connectivity index (χ0) is 16.2. The highest BCUT2D eigenvalue weighted by atomic mass is 32.1. The molecule has 0 saturated carbocycles. The summed E-state index contributed by atoms with van der Waals surface area (Å²) in [6.45, 7) is 0.574. The highest BCUT2D eigenvalue weighted by Crippen LogP contribution is 2.27. The summed E-state index contributed by atoms with van der Waals surface area (Å²) >= 11 is 1.78. The summed E-state index contributed by atoms with van der Waals surface area (Å²) < 4.78 is 10.4. The number of amides is 1. The van der Waals surface area contributed by atoms with Gasteiger partial charge in [0.1, 0.15) is 11.5 Å². The van der Waals surface area contributed by atoms with E-state index in [1.165, 1.54) is 17.0 Å². The largest absolute Gasteiger partial charge is 0.497 e. The van der Waals surface area contributed by atoms with Crippen molar-refractivity contribution in [2.24, 2.45) is 0 Å². The van der Waals surface area contributed by atoms with Crippen molar-refractivity contribution < 1.29 is 14.3 Å². The predicted molar refractivity (Wildman–Crippen MR) is 89.7 cm³/mol. The van der Waals surface area contributed by atoms with E-state index in [1.54, 1.807) is 43.8 Å². The predicted octanol–water partition coefficient (Wildman–Crippen LogP) is 2.62. The van der Waals surface area contributed by atoms with Crippen molar-refractivity contribution in [2.45, 2.75) is 25.7 Å². The second kappa shape index (κ2) is 7.00. The van der Waals surface area contributed by atoms with Crippen LogP contribution in [0, 0.1) is 0 Å². The van der Waals surface area contributed by atoms with Crippen molar-refractivity contribution in [2.75, 3.05) is 20.8 Å². The molecule has 6 heteroatoms. The molecular weight excluding hydrogens is 312 g/mol. The highest BCUT2D eigenvalue weighted by Gasteiger charge is 2.16. The highest BCUT2D eigenvalue weighted by molar-refractivity contribution is 7.11. The minimum atomic E-state index is -0.133. The number of nitrogens with one attached hydrogen (secondary N) is 1. The number of methoxy groups -OCH3 is 2. The first kappa shape index (κ1) is 15.8. The number of aryl methyl sites for hydroxylation is 2. The molecule has 1 aliphatic rings. The molecule has 0 spiro atoms. The maximum atomic E-state index is 12.3. The second-order valence-electron chi connectivity index (χ2n) is 5.44. The minimum Gasteiger partial charge on any atom is -0.497 e. The van der Waals surface area contributed by atoms with Crippen molar-refractivity contribution in [1.82, 2.24) is 10.3 Å². The molecule has 0 aliphatic heterocycles. The molecule has 3 rings (SSSR count). The molecule has 1 N–H and O–H groups in total. The number of aromatic nitrogens is 1. The van der Waals surface area contributed by atoms with Gasteiger partial charge in [-0.15, -0.1) is 11.3 Å². The number of hydrogen-bond donors (Lipinski definition) is 1. The fourth-order valence-electron chi connectivity index (χ4n) is 2.67. The monoisotopic (exact) mass is 332 g/mol. The lowest BCUT2D eigenvalue weighted by molar-refractivity contribution is 0.0953. The number of benzene rings is 1. The number of carbonyl (C=O) groups is 1. The minimum absolute atomic E-state index is 0.133. The van der Waals surface area contributed by atoms with Crippen LogP contribution >= 0.6 is 11.3 Å². The Morgan fingerprint density at radius 1 is 1.22 bits per heavy atom. The lowest BCUT2D eigenvalue weighted by atomic mass is 10.2. The number of carbonyl (C=O) groups excluding carboxylic acids is 1. The van der Waals surface area contributed by atoms with Gasteiger partial charge < -0.3 is 14.8 Å². The van der Waals surface area contributed by atoms with Crippen LogP contribution in [0.15, 0.2) is 18.2 Å². The van der Waals surface area contributed by atoms with Gasteiger partial charge in [-0.1, -0.05) is 0 Å². The quantitative estimate of drug-likeness (QED) is 0.883. The Labute approximate surface area is 139 Å². The second-order valence-corrected chi connectivity index (χ2v) is 6.61. The fourth-order valence-corrected chi connectivity index (χ4v) is 3.83. The number of nitrogens with zero attached hydrogens (tertiary/aromatic N) is 1. The maximum absolute atomic E-state index is 12.3. The van der Waals surface area contributed by atoms with Crippen LogP contribution in [-0.4, -0.2) is 31.7 Å². The third kappa shape index (κ3) is 3.64. The van der Waals surface area contributed by atoms with Crippen LogP contribution in [0.3, 0.4) is 0 Å². The zero-order valence-electron chi connectivity index (χ0n) is 13.3. The van der Waals surface area contributed by atoms with Crippen molar-refractivity contribution in [3.05, 3.63) is 39.3 Å². The lowest BCUT2D eigenvalue weighted by Crippen LogP contribution is -2.25. The normalized spacial score (nSPS) is 12.8. The van der Waals surface area contributed by atoms with Gasteiger partial charge in [-0.2, -0.15) is 0 Å². The summed E-state index contributed by atoms with van der Waals surface area (Å²) in [6.07, 6.45) is 4.25. The summed E-state index contributed by atoms with van der Waals surface area (Å²) in [7, 11) is 3.14. The molecule has 0 saturated heterocycles. The number of hydrogen-bond acceptors (Lipinski definition) is 5. The summed E-state index contributed by atoms with van der Waals surface area (Å²) in [4.78, 5) is 18.3. The molecule has 1 amide bonds. The van der Waals surface area contributed by atoms with Crippen LogP contribution in [0.1, 0.15) is 32.4 Å². The summed E-state index contributed by atoms with van der Waals surface area (Å²) in [5.41, 5.74) is 1.79. The molecule has 1 aromatic carbocycles. The van der Waals surface area contributed by atoms with E-state index in [9.17, 15) is 4.79 Å². The molecule has 0 fully saturated rings. The Kier molecular flexibility index (Phi) is 4.81. The molecule has 2 aromatic rings. The van der Waals surface area contributed by atoms with E-state index in [1.807, 2.05) is 0 Å². The van der Waals surface area contributed by atoms with Crippen molar-refractivity contribution in [1.29, 1.82) is 0 Å². The maximum Gasteiger partial charge on any atom is 0.251 e. The third-order valence-electron chi connectivity index (χ3n) is 3.88. The Hall–Kier alpha value is -2.08. The van der Waals surface area contributed by atoms with Gasteiger partial charge in [-0.25, -0.2) is 4.98 Å². The van der Waals surface area contributed by atoms with Gasteiger partial charge in [0.2, 0.25) is 0 Å². The molecule has 0 radical (unpaired) electrons. The zero-order valence-corrected chi connectivity index (χ0v) is 14.2. The summed E-state index contributed by atoms with van der Waals surface area (Å²) in [5.74, 6) is 1.07. The van der Waals surface area contributed by atoms with Gasteiger partial charge in [0, 0.05) is 29.5 Å². The van der Waals surface area contributed by atoms with E-state index in [0.29, 0.717) is 23.6 Å². The number of thiazole rings is 1. The van der Waals surface area contributed by atoms with Gasteiger partial charge >= 0.3 is 0 Å². The Morgan fingerprint density at radius 3 is 2.61 bits per heavy atom. The average Bonchev–Trinajstić information content (AvgIpc) is 3.15. The molecular formula is C17H20N2O3S. The van der Waals surface area contributed by atoms with Crippen molar-refractivity contribution >= 4 is 17.2 Å². The van der Waals surface area contributed by atoms with Crippen LogP contribution in [0.5, 0.6) is 11.5 Å². The molecule has 1 aromatic heterocycles. The Morgan fingerprint density at radius 2 is 1.96 bits per heavy atom. The standard InChI is InChI=1S/C17H20N2O3S/c1-21-12-8-11(9-13(10-12)22-2)17(20)18-7-6-16-19-14-4-3-5-15(14)23-16/h8-10H,3-7H2,1-2H3,(H,18,20). The molecule has 1 heterocycles. The van der Waals surface area contributed by atoms with Crippen LogP contribution in [0.25, 0.3) is 0 Å². The first-order valence-electron chi connectivity index (χ1n) is 7.68. The van der Waals surface area contributed by atoms with E-state index in [0.717, 1.165) is 24.3 Å². The molecule has 0 unspecified atom stereocenters. The van der Waals surface area contributed by atoms with Crippen molar-refractivity contribution in [3.63, 3.8) is 0 Å². The average molecular weight is 332 g/mol. The number of fused-ring (bicyclic) bond motifs is 1. The smallest absolute Gasteiger partial charge is 0.251 e. The Balaban J connectivity index is 1.58. The number of ether oxygens (including phenoxy) is 2. The first-order valence-corrected chi connectivity index (χ1v) is 8.50. The Bertz CT molecular complexity index is 668. The molecule has 0 bridgehead atoms. The van der Waals surface area contributed by atoms with Gasteiger partial charge in [0.15, 0.2) is 0 Å². The van der Waals surface area contributed by atoms with E-state index in [2.05, 4.69) is 10.3 Å². The first-order chi connectivity index (χ1) is 11.2. The molecule has 0 atom stereocenters. The van der Waals surface area contributed by atoms with Crippen LogP contribution in [0.2, 0.25) is 0 Å². The van der Waals surface area contributed by atoms with E-state index < -0.39 is 0 Å². The van der Waals surface area contributed by atoms with E-state index >= 15 is 0 Å². The topological polar surface area (TPSA) is 60.5 Å². The van der Waals surface area contributed by atoms with Crippen molar-refractivity contribution in [3.8, 4) is 11.5 Å². The SMILES string of the molecule is COc1cc(OC)cc(C(=O)NCCc2nc3c(s2)CCC3)c1. The summed E-state index contributed by atoms with van der Waals surface area (Å²) in [6, 6.07) is 5.15.